The molecule has 4 nitrogen and oxygen atoms in total. The molecule has 0 unspecified atom stereocenters. The third-order valence-corrected chi connectivity index (χ3v) is 2.65. The summed E-state index contributed by atoms with van der Waals surface area (Å²) in [5.74, 6) is 0. The summed E-state index contributed by atoms with van der Waals surface area (Å²) in [6.07, 6.45) is 1.65. The maximum Gasteiger partial charge on any atom is 0.0948 e. The van der Waals surface area contributed by atoms with Gasteiger partial charge in [0, 0.05) is 25.5 Å². The molecule has 1 fully saturated rings. The van der Waals surface area contributed by atoms with E-state index in [1.54, 1.807) is 0 Å². The fourth-order valence-electron chi connectivity index (χ4n) is 1.65. The first-order chi connectivity index (χ1) is 6.77. The molecule has 1 aromatic rings. The molecule has 0 aromatic carbocycles. The molecule has 2 rings (SSSR count). The van der Waals surface area contributed by atoms with E-state index in [0.717, 1.165) is 6.54 Å². The highest BCUT2D eigenvalue weighted by Crippen LogP contribution is 2.06. The Hall–Kier alpha value is -0.840. The average Bonchev–Trinajstić information content (AvgIpc) is 2.72. The largest absolute Gasteiger partial charge is 0.389 e. The monoisotopic (exact) mass is 196 g/mol. The number of rotatable bonds is 3. The van der Waals surface area contributed by atoms with Crippen LogP contribution in [-0.4, -0.2) is 35.0 Å². The van der Waals surface area contributed by atoms with Crippen LogP contribution in [0.2, 0.25) is 0 Å². The number of hydrogen-bond acceptors (Lipinski definition) is 3. The number of aliphatic hydroxyl groups excluding tert-OH is 1. The maximum atomic E-state index is 9.49. The molecule has 4 heteroatoms. The molecule has 0 amide bonds. The summed E-state index contributed by atoms with van der Waals surface area (Å²) < 4.78 is 7.21. The van der Waals surface area contributed by atoms with Crippen molar-refractivity contribution in [1.29, 1.82) is 0 Å². The van der Waals surface area contributed by atoms with Crippen molar-refractivity contribution in [2.75, 3.05) is 13.2 Å². The summed E-state index contributed by atoms with van der Waals surface area (Å²) in [6.45, 7) is 1.82. The number of ether oxygens (including phenoxy) is 1. The zero-order valence-electron chi connectivity index (χ0n) is 8.31. The summed E-state index contributed by atoms with van der Waals surface area (Å²) in [5.41, 5.74) is 1.21. The van der Waals surface area contributed by atoms with Crippen LogP contribution in [0.25, 0.3) is 0 Å². The van der Waals surface area contributed by atoms with Gasteiger partial charge >= 0.3 is 0 Å². The van der Waals surface area contributed by atoms with Crippen LogP contribution >= 0.6 is 0 Å². The maximum absolute atomic E-state index is 9.49. The summed E-state index contributed by atoms with van der Waals surface area (Å²) in [6, 6.07) is 4.15. The summed E-state index contributed by atoms with van der Waals surface area (Å²) >= 11 is 0. The van der Waals surface area contributed by atoms with Crippen molar-refractivity contribution in [2.24, 2.45) is 7.05 Å². The normalized spacial score (nSPS) is 27.0. The van der Waals surface area contributed by atoms with E-state index in [-0.39, 0.29) is 12.1 Å². The molecule has 0 saturated carbocycles. The lowest BCUT2D eigenvalue weighted by Crippen LogP contribution is -2.38. The molecular weight excluding hydrogens is 180 g/mol. The van der Waals surface area contributed by atoms with E-state index in [4.69, 9.17) is 4.74 Å². The highest BCUT2D eigenvalue weighted by molar-refractivity contribution is 5.06. The van der Waals surface area contributed by atoms with Crippen LogP contribution in [0, 0.1) is 0 Å². The van der Waals surface area contributed by atoms with E-state index < -0.39 is 0 Å². The van der Waals surface area contributed by atoms with Gasteiger partial charge in [0.1, 0.15) is 0 Å². The van der Waals surface area contributed by atoms with Crippen molar-refractivity contribution < 1.29 is 9.84 Å². The van der Waals surface area contributed by atoms with Crippen LogP contribution in [0.15, 0.2) is 18.3 Å². The predicted molar refractivity (Wildman–Crippen MR) is 52.9 cm³/mol. The third-order valence-electron chi connectivity index (χ3n) is 2.65. The van der Waals surface area contributed by atoms with Crippen molar-refractivity contribution >= 4 is 0 Å². The Kier molecular flexibility index (Phi) is 2.86. The summed E-state index contributed by atoms with van der Waals surface area (Å²) in [4.78, 5) is 0. The Morgan fingerprint density at radius 2 is 2.50 bits per heavy atom. The molecule has 1 aromatic heterocycles. The second-order valence-electron chi connectivity index (χ2n) is 3.70. The Bertz CT molecular complexity index is 298. The van der Waals surface area contributed by atoms with Gasteiger partial charge in [0.2, 0.25) is 0 Å². The predicted octanol–water partition coefficient (Wildman–Crippen LogP) is -0.126. The Morgan fingerprint density at radius 1 is 1.64 bits per heavy atom. The molecule has 0 bridgehead atoms. The fraction of sp³-hybridized carbons (Fsp3) is 0.600. The second-order valence-corrected chi connectivity index (χ2v) is 3.70. The number of nitrogens with one attached hydrogen (secondary N) is 1. The lowest BCUT2D eigenvalue weighted by molar-refractivity contribution is 0.122. The highest BCUT2D eigenvalue weighted by atomic mass is 16.5. The van der Waals surface area contributed by atoms with Crippen LogP contribution in [0.3, 0.4) is 0 Å². The molecule has 1 saturated heterocycles. The van der Waals surface area contributed by atoms with Crippen molar-refractivity contribution in [1.82, 2.24) is 9.88 Å². The molecule has 0 aliphatic carbocycles. The lowest BCUT2D eigenvalue weighted by Gasteiger charge is -2.14. The second kappa shape index (κ2) is 4.13. The zero-order chi connectivity index (χ0) is 9.97. The number of aromatic nitrogens is 1. The quantitative estimate of drug-likeness (QED) is 0.708. The molecule has 2 N–H and O–H groups in total. The van der Waals surface area contributed by atoms with Gasteiger partial charge in [-0.05, 0) is 12.1 Å². The van der Waals surface area contributed by atoms with Crippen molar-refractivity contribution in [3.8, 4) is 0 Å². The molecule has 1 aliphatic rings. The van der Waals surface area contributed by atoms with Crippen LogP contribution in [-0.2, 0) is 18.3 Å². The Balaban J connectivity index is 1.85. The topological polar surface area (TPSA) is 46.4 Å². The highest BCUT2D eigenvalue weighted by Gasteiger charge is 2.25. The summed E-state index contributed by atoms with van der Waals surface area (Å²) in [5, 5.41) is 12.8. The van der Waals surface area contributed by atoms with Crippen molar-refractivity contribution in [3.05, 3.63) is 24.0 Å². The minimum absolute atomic E-state index is 0.0740. The number of hydrogen-bond donors (Lipinski definition) is 2. The summed E-state index contributed by atoms with van der Waals surface area (Å²) in [7, 11) is 2.01. The van der Waals surface area contributed by atoms with Gasteiger partial charge in [0.15, 0.2) is 0 Å². The van der Waals surface area contributed by atoms with E-state index in [1.807, 2.05) is 19.3 Å². The smallest absolute Gasteiger partial charge is 0.0948 e. The van der Waals surface area contributed by atoms with E-state index in [2.05, 4.69) is 16.0 Å². The van der Waals surface area contributed by atoms with E-state index in [0.29, 0.717) is 13.2 Å². The van der Waals surface area contributed by atoms with Crippen molar-refractivity contribution in [3.63, 3.8) is 0 Å². The van der Waals surface area contributed by atoms with Crippen molar-refractivity contribution in [2.45, 2.75) is 18.7 Å². The van der Waals surface area contributed by atoms with Gasteiger partial charge in [-0.25, -0.2) is 0 Å². The van der Waals surface area contributed by atoms with Gasteiger partial charge in [-0.3, -0.25) is 0 Å². The van der Waals surface area contributed by atoms with Crippen LogP contribution in [0.1, 0.15) is 5.69 Å². The van der Waals surface area contributed by atoms with Crippen LogP contribution in [0.5, 0.6) is 0 Å². The number of nitrogens with zero attached hydrogens (tertiary/aromatic N) is 1. The molecule has 2 heterocycles. The van der Waals surface area contributed by atoms with Gasteiger partial charge < -0.3 is 19.7 Å². The Morgan fingerprint density at radius 3 is 3.07 bits per heavy atom. The lowest BCUT2D eigenvalue weighted by atomic mass is 10.2. The third kappa shape index (κ3) is 1.97. The minimum atomic E-state index is -0.365. The first-order valence-corrected chi connectivity index (χ1v) is 4.87. The molecular formula is C10H16N2O2. The molecule has 14 heavy (non-hydrogen) atoms. The zero-order valence-corrected chi connectivity index (χ0v) is 8.31. The van der Waals surface area contributed by atoms with Gasteiger partial charge in [-0.1, -0.05) is 0 Å². The van der Waals surface area contributed by atoms with Crippen LogP contribution in [0.4, 0.5) is 0 Å². The Labute approximate surface area is 83.5 Å². The fourth-order valence-corrected chi connectivity index (χ4v) is 1.65. The van der Waals surface area contributed by atoms with Crippen LogP contribution < -0.4 is 5.32 Å². The van der Waals surface area contributed by atoms with Gasteiger partial charge in [0.05, 0.1) is 25.4 Å². The molecule has 0 spiro atoms. The molecule has 1 aliphatic heterocycles. The number of aryl methyl sites for hydroxylation is 1. The van der Waals surface area contributed by atoms with E-state index >= 15 is 0 Å². The first-order valence-electron chi connectivity index (χ1n) is 4.87. The van der Waals surface area contributed by atoms with E-state index in [9.17, 15) is 5.11 Å². The molecule has 78 valence electrons. The SMILES string of the molecule is Cn1cccc1CN[C@@H]1COC[C@H]1O. The van der Waals surface area contributed by atoms with E-state index in [1.165, 1.54) is 5.69 Å². The van der Waals surface area contributed by atoms with Gasteiger partial charge in [-0.2, -0.15) is 0 Å². The molecule has 2 atom stereocenters. The average molecular weight is 196 g/mol. The first kappa shape index (κ1) is 9.71. The number of aliphatic hydroxyl groups is 1. The van der Waals surface area contributed by atoms with Gasteiger partial charge in [0.25, 0.3) is 0 Å². The standard InChI is InChI=1S/C10H16N2O2/c1-12-4-2-3-8(12)5-11-9-6-14-7-10(9)13/h2-4,9-11,13H,5-7H2,1H3/t9-,10-/m1/s1. The minimum Gasteiger partial charge on any atom is -0.389 e. The van der Waals surface area contributed by atoms with Gasteiger partial charge in [-0.15, -0.1) is 0 Å². The molecule has 0 radical (unpaired) electrons.